The zero-order valence-electron chi connectivity index (χ0n) is 13.6. The van der Waals surface area contributed by atoms with Gasteiger partial charge in [-0.05, 0) is 35.3 Å². The molecule has 0 aromatic heterocycles. The van der Waals surface area contributed by atoms with Gasteiger partial charge in [0.1, 0.15) is 0 Å². The zero-order valence-corrected chi connectivity index (χ0v) is 14.6. The molecule has 0 heterocycles. The monoisotopic (exact) mass is 288 g/mol. The van der Waals surface area contributed by atoms with Crippen LogP contribution in [0.2, 0.25) is 23.2 Å². The molecule has 0 N–H and O–H groups in total. The Morgan fingerprint density at radius 2 is 1.55 bits per heavy atom. The molecule has 0 radical (unpaired) electrons. The molecule has 112 valence electrons. The fraction of sp³-hybridized carbons (Fsp3) is 0.789. The van der Waals surface area contributed by atoms with E-state index in [1.165, 1.54) is 31.4 Å². The van der Waals surface area contributed by atoms with E-state index in [1.54, 1.807) is 12.8 Å². The molecule has 4 atom stereocenters. The van der Waals surface area contributed by atoms with Crippen LogP contribution < -0.4 is 0 Å². The molecule has 3 rings (SSSR count). The molecule has 0 saturated heterocycles. The molecule has 0 spiro atoms. The van der Waals surface area contributed by atoms with Crippen molar-refractivity contribution < 1.29 is 0 Å². The summed E-state index contributed by atoms with van der Waals surface area (Å²) in [4.78, 5) is 0. The summed E-state index contributed by atoms with van der Waals surface area (Å²) >= 11 is 0. The molecule has 0 bridgehead atoms. The van der Waals surface area contributed by atoms with Gasteiger partial charge in [-0.3, -0.25) is 0 Å². The molecular formula is C19H32Si. The summed E-state index contributed by atoms with van der Waals surface area (Å²) in [5, 5.41) is 0. The molecule has 0 aliphatic heterocycles. The molecule has 1 heteroatoms. The van der Waals surface area contributed by atoms with Crippen molar-refractivity contribution in [2.45, 2.75) is 76.0 Å². The van der Waals surface area contributed by atoms with E-state index >= 15 is 0 Å². The number of hydrogen-bond acceptors (Lipinski definition) is 0. The lowest BCUT2D eigenvalue weighted by Crippen LogP contribution is -2.44. The van der Waals surface area contributed by atoms with Gasteiger partial charge in [0.2, 0.25) is 0 Å². The van der Waals surface area contributed by atoms with Crippen molar-refractivity contribution in [2.75, 3.05) is 0 Å². The lowest BCUT2D eigenvalue weighted by atomic mass is 9.87. The Labute approximate surface area is 126 Å². The smallest absolute Gasteiger partial charge is 0.0598 e. The second-order valence-corrected chi connectivity index (χ2v) is 13.1. The minimum Gasteiger partial charge on any atom is -0.0808 e. The van der Waals surface area contributed by atoms with E-state index in [4.69, 9.17) is 0 Å². The third-order valence-electron chi connectivity index (χ3n) is 7.19. The second-order valence-electron chi connectivity index (χ2n) is 7.67. The van der Waals surface area contributed by atoms with Crippen LogP contribution in [-0.4, -0.2) is 8.07 Å². The van der Waals surface area contributed by atoms with Crippen molar-refractivity contribution >= 4 is 8.07 Å². The first-order valence-electron chi connectivity index (χ1n) is 9.08. The normalized spacial score (nSPS) is 37.5. The minimum absolute atomic E-state index is 0.858. The topological polar surface area (TPSA) is 0 Å². The van der Waals surface area contributed by atoms with Crippen molar-refractivity contribution in [3.8, 4) is 0 Å². The van der Waals surface area contributed by atoms with Crippen molar-refractivity contribution in [3.63, 3.8) is 0 Å². The summed E-state index contributed by atoms with van der Waals surface area (Å²) in [6, 6.07) is 3.07. The number of allylic oxidation sites excluding steroid dienone is 4. The van der Waals surface area contributed by atoms with Gasteiger partial charge < -0.3 is 0 Å². The van der Waals surface area contributed by atoms with E-state index in [-0.39, 0.29) is 0 Å². The SMILES string of the molecule is CC[Si](CC)(C1CCCC1)C1CC(C)C2C=CC=CC21. The van der Waals surface area contributed by atoms with Crippen LogP contribution in [0.3, 0.4) is 0 Å². The maximum atomic E-state index is 2.58. The maximum absolute atomic E-state index is 2.58. The Morgan fingerprint density at radius 3 is 2.15 bits per heavy atom. The van der Waals surface area contributed by atoms with Crippen LogP contribution in [0.25, 0.3) is 0 Å². The Balaban J connectivity index is 1.91. The summed E-state index contributed by atoms with van der Waals surface area (Å²) in [6.45, 7) is 7.59. The van der Waals surface area contributed by atoms with Gasteiger partial charge in [-0.15, -0.1) is 0 Å². The Kier molecular flexibility index (Phi) is 4.26. The van der Waals surface area contributed by atoms with E-state index < -0.39 is 8.07 Å². The van der Waals surface area contributed by atoms with E-state index in [1.807, 2.05) is 0 Å². The molecule has 0 aromatic carbocycles. The second kappa shape index (κ2) is 5.83. The first kappa shape index (κ1) is 14.6. The third kappa shape index (κ3) is 2.17. The van der Waals surface area contributed by atoms with Gasteiger partial charge in [-0.1, -0.05) is 82.8 Å². The Hall–Kier alpha value is -0.303. The quantitative estimate of drug-likeness (QED) is 0.541. The lowest BCUT2D eigenvalue weighted by Gasteiger charge is -2.44. The van der Waals surface area contributed by atoms with E-state index in [0.29, 0.717) is 0 Å². The maximum Gasteiger partial charge on any atom is 0.0598 e. The Bertz CT molecular complexity index is 385. The van der Waals surface area contributed by atoms with Crippen LogP contribution in [0.15, 0.2) is 24.3 Å². The van der Waals surface area contributed by atoms with Crippen LogP contribution in [0, 0.1) is 17.8 Å². The molecule has 0 nitrogen and oxygen atoms in total. The van der Waals surface area contributed by atoms with E-state index in [0.717, 1.165) is 28.8 Å². The van der Waals surface area contributed by atoms with Gasteiger partial charge in [0, 0.05) is 0 Å². The average molecular weight is 289 g/mol. The summed E-state index contributed by atoms with van der Waals surface area (Å²) in [5.74, 6) is 2.66. The van der Waals surface area contributed by atoms with Crippen molar-refractivity contribution in [1.82, 2.24) is 0 Å². The van der Waals surface area contributed by atoms with Gasteiger partial charge in [-0.2, -0.15) is 0 Å². The van der Waals surface area contributed by atoms with Gasteiger partial charge in [0.25, 0.3) is 0 Å². The fourth-order valence-corrected chi connectivity index (χ4v) is 12.9. The minimum atomic E-state index is -1.11. The predicted molar refractivity (Wildman–Crippen MR) is 91.7 cm³/mol. The molecular weight excluding hydrogens is 256 g/mol. The van der Waals surface area contributed by atoms with Gasteiger partial charge in [-0.25, -0.2) is 0 Å². The zero-order chi connectivity index (χ0) is 14.2. The van der Waals surface area contributed by atoms with Crippen molar-refractivity contribution in [3.05, 3.63) is 24.3 Å². The van der Waals surface area contributed by atoms with Crippen LogP contribution in [-0.2, 0) is 0 Å². The highest BCUT2D eigenvalue weighted by molar-refractivity contribution is 6.82. The lowest BCUT2D eigenvalue weighted by molar-refractivity contribution is 0.449. The fourth-order valence-electron chi connectivity index (χ4n) is 6.10. The van der Waals surface area contributed by atoms with Crippen LogP contribution in [0.5, 0.6) is 0 Å². The Morgan fingerprint density at radius 1 is 0.950 bits per heavy atom. The number of rotatable bonds is 4. The summed E-state index contributed by atoms with van der Waals surface area (Å²) < 4.78 is 0. The van der Waals surface area contributed by atoms with Gasteiger partial charge >= 0.3 is 0 Å². The molecule has 0 aromatic rings. The predicted octanol–water partition coefficient (Wildman–Crippen LogP) is 6.19. The molecule has 4 unspecified atom stereocenters. The molecule has 2 saturated carbocycles. The van der Waals surface area contributed by atoms with Gasteiger partial charge in [0.15, 0.2) is 0 Å². The highest BCUT2D eigenvalue weighted by Crippen LogP contribution is 2.59. The summed E-state index contributed by atoms with van der Waals surface area (Å²) in [5.41, 5.74) is 2.22. The van der Waals surface area contributed by atoms with Crippen LogP contribution in [0.4, 0.5) is 0 Å². The molecule has 20 heavy (non-hydrogen) atoms. The largest absolute Gasteiger partial charge is 0.0808 e. The molecule has 0 amide bonds. The highest BCUT2D eigenvalue weighted by Gasteiger charge is 2.53. The van der Waals surface area contributed by atoms with E-state index in [9.17, 15) is 0 Å². The molecule has 3 aliphatic rings. The van der Waals surface area contributed by atoms with E-state index in [2.05, 4.69) is 45.1 Å². The summed E-state index contributed by atoms with van der Waals surface area (Å²) in [6.07, 6.45) is 17.4. The molecule has 3 aliphatic carbocycles. The highest BCUT2D eigenvalue weighted by atomic mass is 28.3. The number of fused-ring (bicyclic) bond motifs is 1. The third-order valence-corrected chi connectivity index (χ3v) is 14.1. The first-order chi connectivity index (χ1) is 9.73. The van der Waals surface area contributed by atoms with Crippen molar-refractivity contribution in [1.29, 1.82) is 0 Å². The summed E-state index contributed by atoms with van der Waals surface area (Å²) in [7, 11) is -1.11. The number of hydrogen-bond donors (Lipinski definition) is 0. The van der Waals surface area contributed by atoms with Crippen LogP contribution in [0.1, 0.15) is 52.9 Å². The van der Waals surface area contributed by atoms with Gasteiger partial charge in [0.05, 0.1) is 8.07 Å². The van der Waals surface area contributed by atoms with Crippen molar-refractivity contribution in [2.24, 2.45) is 17.8 Å². The average Bonchev–Trinajstić information content (AvgIpc) is 3.12. The standard InChI is InChI=1S/C19H32Si/c1-4-20(5-2,16-10-6-7-11-16)19-14-15(3)17-12-8-9-13-18(17)19/h8-9,12-13,15-19H,4-7,10-11,14H2,1-3H3. The van der Waals surface area contributed by atoms with Crippen LogP contribution >= 0.6 is 0 Å². The first-order valence-corrected chi connectivity index (χ1v) is 11.6. The molecule has 2 fully saturated rings.